The highest BCUT2D eigenvalue weighted by molar-refractivity contribution is 9.10. The second-order valence-corrected chi connectivity index (χ2v) is 4.73. The summed E-state index contributed by atoms with van der Waals surface area (Å²) in [6.45, 7) is 2.07. The summed E-state index contributed by atoms with van der Waals surface area (Å²) in [5.74, 6) is 0. The molecule has 14 heavy (non-hydrogen) atoms. The van der Waals surface area contributed by atoms with Crippen LogP contribution in [0.5, 0.6) is 0 Å². The molecule has 0 fully saturated rings. The van der Waals surface area contributed by atoms with E-state index in [0.717, 1.165) is 20.3 Å². The molecule has 1 heterocycles. The van der Waals surface area contributed by atoms with Crippen LogP contribution in [0.3, 0.4) is 0 Å². The van der Waals surface area contributed by atoms with Gasteiger partial charge in [-0.3, -0.25) is 0 Å². The molecule has 0 radical (unpaired) electrons. The monoisotopic (exact) mass is 314 g/mol. The van der Waals surface area contributed by atoms with E-state index in [9.17, 15) is 0 Å². The molecule has 1 aromatic heterocycles. The van der Waals surface area contributed by atoms with E-state index >= 15 is 0 Å². The Hall–Kier alpha value is -0.610. The molecule has 2 nitrogen and oxygen atoms in total. The lowest BCUT2D eigenvalue weighted by Crippen LogP contribution is -1.84. The fourth-order valence-electron chi connectivity index (χ4n) is 1.32. The molecule has 0 unspecified atom stereocenters. The fourth-order valence-corrected chi connectivity index (χ4v) is 2.10. The Balaban J connectivity index is 2.62. The van der Waals surface area contributed by atoms with E-state index < -0.39 is 0 Å². The molecule has 0 saturated carbocycles. The molecule has 2 aromatic rings. The van der Waals surface area contributed by atoms with E-state index in [1.807, 2.05) is 6.07 Å². The van der Waals surface area contributed by atoms with Crippen molar-refractivity contribution in [2.45, 2.75) is 6.92 Å². The summed E-state index contributed by atoms with van der Waals surface area (Å²) >= 11 is 6.88. The van der Waals surface area contributed by atoms with Gasteiger partial charge in [0.15, 0.2) is 0 Å². The summed E-state index contributed by atoms with van der Waals surface area (Å²) in [6.07, 6.45) is 1.68. The van der Waals surface area contributed by atoms with E-state index in [0.29, 0.717) is 0 Å². The van der Waals surface area contributed by atoms with Gasteiger partial charge >= 0.3 is 0 Å². The maximum Gasteiger partial charge on any atom is 0.110 e. The van der Waals surface area contributed by atoms with Crippen LogP contribution in [0.1, 0.15) is 5.56 Å². The van der Waals surface area contributed by atoms with Crippen molar-refractivity contribution in [2.24, 2.45) is 0 Å². The van der Waals surface area contributed by atoms with Crippen LogP contribution in [-0.4, -0.2) is 9.97 Å². The van der Waals surface area contributed by atoms with E-state index in [1.165, 1.54) is 5.56 Å². The molecule has 4 heteroatoms. The molecular weight excluding hydrogens is 308 g/mol. The van der Waals surface area contributed by atoms with E-state index in [-0.39, 0.29) is 0 Å². The van der Waals surface area contributed by atoms with Gasteiger partial charge in [-0.25, -0.2) is 4.98 Å². The summed E-state index contributed by atoms with van der Waals surface area (Å²) in [6, 6.07) is 6.16. The predicted octanol–water partition coefficient (Wildman–Crippen LogP) is 3.91. The highest BCUT2D eigenvalue weighted by atomic mass is 79.9. The van der Waals surface area contributed by atoms with E-state index in [4.69, 9.17) is 0 Å². The predicted molar refractivity (Wildman–Crippen MR) is 64.2 cm³/mol. The molecule has 2 rings (SSSR count). The summed E-state index contributed by atoms with van der Waals surface area (Å²) in [7, 11) is 0. The van der Waals surface area contributed by atoms with Crippen molar-refractivity contribution < 1.29 is 0 Å². The Kier molecular flexibility index (Phi) is 2.74. The maximum atomic E-state index is 4.26. The number of hydrogen-bond donors (Lipinski definition) is 1. The second kappa shape index (κ2) is 3.87. The number of aromatic nitrogens is 2. The van der Waals surface area contributed by atoms with Crippen LogP contribution in [0.2, 0.25) is 0 Å². The summed E-state index contributed by atoms with van der Waals surface area (Å²) in [4.78, 5) is 7.27. The van der Waals surface area contributed by atoms with Crippen molar-refractivity contribution in [1.29, 1.82) is 0 Å². The standard InChI is InChI=1S/C10H8Br2N2/c1-6-2-3-7(11)4-8(6)9-10(12)14-5-13-9/h2-5H,1H3,(H,13,14). The minimum absolute atomic E-state index is 0.915. The van der Waals surface area contributed by atoms with Crippen molar-refractivity contribution in [2.75, 3.05) is 0 Å². The number of rotatable bonds is 1. The number of imidazole rings is 1. The molecule has 1 N–H and O–H groups in total. The number of nitrogens with one attached hydrogen (secondary N) is 1. The Bertz CT molecular complexity index is 463. The largest absolute Gasteiger partial charge is 0.339 e. The first-order valence-corrected chi connectivity index (χ1v) is 5.72. The summed E-state index contributed by atoms with van der Waals surface area (Å²) < 4.78 is 1.98. The first-order chi connectivity index (χ1) is 6.68. The normalized spacial score (nSPS) is 10.5. The van der Waals surface area contributed by atoms with Gasteiger partial charge in [0.25, 0.3) is 0 Å². The SMILES string of the molecule is Cc1ccc(Br)cc1-c1nc[nH]c1Br. The Morgan fingerprint density at radius 1 is 1.29 bits per heavy atom. The number of H-pyrrole nitrogens is 1. The highest BCUT2D eigenvalue weighted by Gasteiger charge is 2.08. The molecular formula is C10H8Br2N2. The van der Waals surface area contributed by atoms with Crippen molar-refractivity contribution in [1.82, 2.24) is 9.97 Å². The van der Waals surface area contributed by atoms with Crippen LogP contribution in [0.15, 0.2) is 33.6 Å². The van der Waals surface area contributed by atoms with Crippen LogP contribution < -0.4 is 0 Å². The smallest absolute Gasteiger partial charge is 0.110 e. The Morgan fingerprint density at radius 3 is 2.71 bits per heavy atom. The molecule has 72 valence electrons. The second-order valence-electron chi connectivity index (χ2n) is 3.02. The van der Waals surface area contributed by atoms with Gasteiger partial charge < -0.3 is 4.98 Å². The van der Waals surface area contributed by atoms with Gasteiger partial charge in [0.2, 0.25) is 0 Å². The minimum Gasteiger partial charge on any atom is -0.339 e. The number of hydrogen-bond acceptors (Lipinski definition) is 1. The average Bonchev–Trinajstić information content (AvgIpc) is 2.56. The number of aryl methyl sites for hydroxylation is 1. The molecule has 0 atom stereocenters. The molecule has 0 saturated heterocycles. The van der Waals surface area contributed by atoms with Crippen LogP contribution in [0, 0.1) is 6.92 Å². The minimum atomic E-state index is 0.915. The van der Waals surface area contributed by atoms with Crippen molar-refractivity contribution in [3.63, 3.8) is 0 Å². The van der Waals surface area contributed by atoms with E-state index in [1.54, 1.807) is 6.33 Å². The van der Waals surface area contributed by atoms with Gasteiger partial charge in [0.1, 0.15) is 10.3 Å². The Labute approximate surface area is 99.0 Å². The van der Waals surface area contributed by atoms with Crippen LogP contribution >= 0.6 is 31.9 Å². The zero-order chi connectivity index (χ0) is 10.1. The maximum absolute atomic E-state index is 4.26. The van der Waals surface area contributed by atoms with Gasteiger partial charge in [-0.1, -0.05) is 22.0 Å². The molecule has 0 aliphatic rings. The number of nitrogens with zero attached hydrogens (tertiary/aromatic N) is 1. The number of benzene rings is 1. The van der Waals surface area contributed by atoms with Crippen LogP contribution in [0.25, 0.3) is 11.3 Å². The van der Waals surface area contributed by atoms with Gasteiger partial charge in [0.05, 0.1) is 6.33 Å². The van der Waals surface area contributed by atoms with Crippen LogP contribution in [-0.2, 0) is 0 Å². The zero-order valence-electron chi connectivity index (χ0n) is 7.51. The van der Waals surface area contributed by atoms with Crippen LogP contribution in [0.4, 0.5) is 0 Å². The molecule has 1 aromatic carbocycles. The van der Waals surface area contributed by atoms with Gasteiger partial charge in [-0.15, -0.1) is 0 Å². The zero-order valence-corrected chi connectivity index (χ0v) is 10.7. The van der Waals surface area contributed by atoms with Crippen molar-refractivity contribution >= 4 is 31.9 Å². The van der Waals surface area contributed by atoms with Gasteiger partial charge in [-0.05, 0) is 40.5 Å². The average molecular weight is 316 g/mol. The van der Waals surface area contributed by atoms with Gasteiger partial charge in [0, 0.05) is 10.0 Å². The fraction of sp³-hybridized carbons (Fsp3) is 0.100. The van der Waals surface area contributed by atoms with Crippen molar-refractivity contribution in [3.8, 4) is 11.3 Å². The first kappa shape index (κ1) is 9.93. The molecule has 0 amide bonds. The molecule has 0 aliphatic heterocycles. The summed E-state index contributed by atoms with van der Waals surface area (Å²) in [5.41, 5.74) is 3.29. The number of aromatic amines is 1. The van der Waals surface area contributed by atoms with Crippen molar-refractivity contribution in [3.05, 3.63) is 39.2 Å². The third kappa shape index (κ3) is 1.77. The van der Waals surface area contributed by atoms with Gasteiger partial charge in [-0.2, -0.15) is 0 Å². The quantitative estimate of drug-likeness (QED) is 0.849. The topological polar surface area (TPSA) is 28.7 Å². The lowest BCUT2D eigenvalue weighted by molar-refractivity contribution is 1.30. The molecule has 0 bridgehead atoms. The molecule has 0 aliphatic carbocycles. The lowest BCUT2D eigenvalue weighted by Gasteiger charge is -2.03. The third-order valence-corrected chi connectivity index (χ3v) is 3.15. The molecule has 0 spiro atoms. The highest BCUT2D eigenvalue weighted by Crippen LogP contribution is 2.29. The van der Waals surface area contributed by atoms with E-state index in [2.05, 4.69) is 60.9 Å². The lowest BCUT2D eigenvalue weighted by atomic mass is 10.1. The number of halogens is 2. The Morgan fingerprint density at radius 2 is 2.07 bits per heavy atom. The first-order valence-electron chi connectivity index (χ1n) is 4.14. The third-order valence-electron chi connectivity index (χ3n) is 2.05. The summed E-state index contributed by atoms with van der Waals surface area (Å²) in [5, 5.41) is 0.